The summed E-state index contributed by atoms with van der Waals surface area (Å²) in [5.41, 5.74) is 1.61. The van der Waals surface area contributed by atoms with Crippen LogP contribution in [-0.4, -0.2) is 34.2 Å². The number of para-hydroxylation sites is 1. The topological polar surface area (TPSA) is 62.1 Å². The lowest BCUT2D eigenvalue weighted by molar-refractivity contribution is -0.124. The number of phenolic OH excluding ortho intramolecular Hbond substituents is 1. The number of carbonyl (C=O) groups is 1. The predicted octanol–water partition coefficient (Wildman–Crippen LogP) is 6.35. The number of thioether (sulfide) groups is 1. The van der Waals surface area contributed by atoms with Crippen molar-refractivity contribution in [3.63, 3.8) is 0 Å². The highest BCUT2D eigenvalue weighted by Crippen LogP contribution is 2.41. The number of ether oxygens (including phenoxy) is 1. The molecule has 2 aromatic carbocycles. The van der Waals surface area contributed by atoms with Crippen LogP contribution in [0, 0.1) is 5.92 Å². The third-order valence-corrected chi connectivity index (χ3v) is 7.37. The molecule has 1 saturated heterocycles. The number of rotatable bonds is 4. The van der Waals surface area contributed by atoms with Crippen molar-refractivity contribution < 1.29 is 14.6 Å². The van der Waals surface area contributed by atoms with E-state index in [1.54, 1.807) is 12.1 Å². The lowest BCUT2D eigenvalue weighted by atomic mass is 9.85. The van der Waals surface area contributed by atoms with Gasteiger partial charge in [-0.15, -0.1) is 0 Å². The largest absolute Gasteiger partial charge is 0.503 e. The van der Waals surface area contributed by atoms with Crippen LogP contribution in [0.1, 0.15) is 38.2 Å². The molecule has 1 heterocycles. The molecule has 5 nitrogen and oxygen atoms in total. The number of nitrogens with zero attached hydrogens (tertiary/aromatic N) is 2. The molecule has 162 valence electrons. The maximum Gasteiger partial charge on any atom is 0.267 e. The molecular weight excluding hydrogens is 476 g/mol. The minimum Gasteiger partial charge on any atom is -0.503 e. The van der Waals surface area contributed by atoms with E-state index in [0.29, 0.717) is 21.0 Å². The van der Waals surface area contributed by atoms with E-state index in [1.807, 2.05) is 41.3 Å². The number of hydrogen-bond acceptors (Lipinski definition) is 5. The Bertz CT molecular complexity index is 1040. The van der Waals surface area contributed by atoms with Gasteiger partial charge < -0.3 is 9.84 Å². The van der Waals surface area contributed by atoms with E-state index in [1.165, 1.54) is 25.3 Å². The second-order valence-corrected chi connectivity index (χ2v) is 9.76. The van der Waals surface area contributed by atoms with E-state index in [0.717, 1.165) is 35.7 Å². The van der Waals surface area contributed by atoms with Crippen LogP contribution in [0.15, 0.2) is 56.8 Å². The average Bonchev–Trinajstić information content (AvgIpc) is 3.06. The molecule has 1 aliphatic carbocycles. The first kappa shape index (κ1) is 22.0. The number of benzene rings is 2. The molecule has 1 amide bonds. The van der Waals surface area contributed by atoms with Crippen LogP contribution in [0.2, 0.25) is 0 Å². The summed E-state index contributed by atoms with van der Waals surface area (Å²) in [6.07, 6.45) is 6.30. The van der Waals surface area contributed by atoms with Crippen molar-refractivity contribution in [3.05, 3.63) is 57.4 Å². The fraction of sp³-hybridized carbons (Fsp3) is 0.333. The van der Waals surface area contributed by atoms with Gasteiger partial charge >= 0.3 is 0 Å². The fourth-order valence-corrected chi connectivity index (χ4v) is 5.64. The van der Waals surface area contributed by atoms with Gasteiger partial charge in [0.1, 0.15) is 0 Å². The number of aromatic hydroxyl groups is 1. The summed E-state index contributed by atoms with van der Waals surface area (Å²) in [5, 5.41) is 10.8. The third kappa shape index (κ3) is 4.67. The van der Waals surface area contributed by atoms with Crippen LogP contribution in [0.3, 0.4) is 0 Å². The summed E-state index contributed by atoms with van der Waals surface area (Å²) in [6, 6.07) is 13.4. The Labute approximate surface area is 195 Å². The van der Waals surface area contributed by atoms with Crippen LogP contribution in [-0.2, 0) is 4.79 Å². The third-order valence-electron chi connectivity index (χ3n) is 5.78. The number of halogens is 1. The first-order chi connectivity index (χ1) is 15.0. The van der Waals surface area contributed by atoms with Crippen LogP contribution >= 0.6 is 27.7 Å². The number of amides is 1. The smallest absolute Gasteiger partial charge is 0.267 e. The second-order valence-electron chi connectivity index (χ2n) is 7.90. The minimum atomic E-state index is -0.0124. The summed E-state index contributed by atoms with van der Waals surface area (Å²) in [4.78, 5) is 20.9. The Kier molecular flexibility index (Phi) is 6.72. The lowest BCUT2D eigenvalue weighted by Gasteiger charge is -2.35. The van der Waals surface area contributed by atoms with Crippen molar-refractivity contribution in [1.29, 1.82) is 0 Å². The predicted molar refractivity (Wildman–Crippen MR) is 130 cm³/mol. The summed E-state index contributed by atoms with van der Waals surface area (Å²) in [6.45, 7) is 2.23. The van der Waals surface area contributed by atoms with Crippen molar-refractivity contribution in [2.75, 3.05) is 7.11 Å². The Morgan fingerprint density at radius 3 is 2.68 bits per heavy atom. The van der Waals surface area contributed by atoms with E-state index in [2.05, 4.69) is 22.9 Å². The number of hydrogen-bond donors (Lipinski definition) is 1. The zero-order valence-electron chi connectivity index (χ0n) is 17.5. The molecule has 2 aromatic rings. The molecule has 0 radical (unpaired) electrons. The summed E-state index contributed by atoms with van der Waals surface area (Å²) in [5.74, 6) is 0.815. The maximum absolute atomic E-state index is 13.5. The van der Waals surface area contributed by atoms with E-state index in [9.17, 15) is 9.90 Å². The average molecular weight is 501 g/mol. The van der Waals surface area contributed by atoms with Crippen LogP contribution < -0.4 is 4.74 Å². The van der Waals surface area contributed by atoms with E-state index >= 15 is 0 Å². The number of phenols is 1. The number of carbonyl (C=O) groups excluding carboxylic acids is 1. The Hall–Kier alpha value is -2.25. The van der Waals surface area contributed by atoms with Gasteiger partial charge in [-0.25, -0.2) is 4.99 Å². The SMILES string of the molecule is COc1cc(/C=C2\SC(=Nc3ccccc3)N([C@H]3CCCC[C@@H]3C)C2=O)cc(Br)c1O. The zero-order valence-corrected chi connectivity index (χ0v) is 19.9. The van der Waals surface area contributed by atoms with Gasteiger partial charge in [-0.05, 0) is 82.4 Å². The molecule has 2 atom stereocenters. The summed E-state index contributed by atoms with van der Waals surface area (Å²) in [7, 11) is 1.50. The number of methoxy groups -OCH3 is 1. The van der Waals surface area contributed by atoms with Crippen molar-refractivity contribution in [3.8, 4) is 11.5 Å². The zero-order chi connectivity index (χ0) is 22.0. The van der Waals surface area contributed by atoms with Crippen molar-refractivity contribution in [2.24, 2.45) is 10.9 Å². The van der Waals surface area contributed by atoms with Crippen LogP contribution in [0.4, 0.5) is 5.69 Å². The summed E-state index contributed by atoms with van der Waals surface area (Å²) < 4.78 is 5.77. The van der Waals surface area contributed by atoms with Crippen molar-refractivity contribution in [1.82, 2.24) is 4.90 Å². The maximum atomic E-state index is 13.5. The minimum absolute atomic E-state index is 0.0124. The number of amidine groups is 1. The monoisotopic (exact) mass is 500 g/mol. The molecule has 4 rings (SSSR count). The molecule has 0 unspecified atom stereocenters. The highest BCUT2D eigenvalue weighted by Gasteiger charge is 2.41. The Morgan fingerprint density at radius 2 is 1.97 bits per heavy atom. The quantitative estimate of drug-likeness (QED) is 0.497. The molecule has 7 heteroatoms. The standard InChI is InChI=1S/C24H25BrN2O3S/c1-15-8-6-7-11-19(15)27-23(29)21(31-24(27)26-17-9-4-3-5-10-17)14-16-12-18(25)22(28)20(13-16)30-2/h3-5,9-10,12-15,19,28H,6-8,11H2,1-2H3/b21-14-,26-24?/t15-,19-/m0/s1. The molecule has 1 aliphatic heterocycles. The molecule has 2 aliphatic rings. The molecule has 2 fully saturated rings. The lowest BCUT2D eigenvalue weighted by Crippen LogP contribution is -2.44. The van der Waals surface area contributed by atoms with Gasteiger partial charge in [-0.1, -0.05) is 38.0 Å². The molecule has 1 N–H and O–H groups in total. The van der Waals surface area contributed by atoms with Gasteiger partial charge in [0, 0.05) is 6.04 Å². The Balaban J connectivity index is 1.74. The van der Waals surface area contributed by atoms with Gasteiger partial charge in [0.25, 0.3) is 5.91 Å². The first-order valence-electron chi connectivity index (χ1n) is 10.4. The van der Waals surface area contributed by atoms with Gasteiger partial charge in [0.05, 0.1) is 22.2 Å². The number of aliphatic imine (C=N–C) groups is 1. The molecule has 31 heavy (non-hydrogen) atoms. The molecule has 0 aromatic heterocycles. The fourth-order valence-electron chi connectivity index (χ4n) is 4.13. The highest BCUT2D eigenvalue weighted by atomic mass is 79.9. The molecule has 0 bridgehead atoms. The van der Waals surface area contributed by atoms with Gasteiger partial charge in [0.2, 0.25) is 0 Å². The van der Waals surface area contributed by atoms with Gasteiger partial charge in [-0.2, -0.15) is 0 Å². The van der Waals surface area contributed by atoms with Crippen LogP contribution in [0.25, 0.3) is 6.08 Å². The highest BCUT2D eigenvalue weighted by molar-refractivity contribution is 9.10. The molecule has 1 saturated carbocycles. The van der Waals surface area contributed by atoms with Crippen LogP contribution in [0.5, 0.6) is 11.5 Å². The van der Waals surface area contributed by atoms with E-state index < -0.39 is 0 Å². The van der Waals surface area contributed by atoms with Crippen molar-refractivity contribution >= 4 is 50.5 Å². The second kappa shape index (κ2) is 9.49. The molecular formula is C24H25BrN2O3S. The van der Waals surface area contributed by atoms with Gasteiger partial charge in [0.15, 0.2) is 16.7 Å². The summed E-state index contributed by atoms with van der Waals surface area (Å²) >= 11 is 4.76. The Morgan fingerprint density at radius 1 is 1.23 bits per heavy atom. The van der Waals surface area contributed by atoms with E-state index in [4.69, 9.17) is 9.73 Å². The van der Waals surface area contributed by atoms with Crippen molar-refractivity contribution in [2.45, 2.75) is 38.6 Å². The molecule has 0 spiro atoms. The normalized spacial score (nSPS) is 24.2. The van der Waals surface area contributed by atoms with E-state index in [-0.39, 0.29) is 17.7 Å². The first-order valence-corrected chi connectivity index (χ1v) is 12.0. The van der Waals surface area contributed by atoms with Gasteiger partial charge in [-0.3, -0.25) is 9.69 Å².